The molecular formula is C23H27N9O. The Labute approximate surface area is 192 Å². The highest BCUT2D eigenvalue weighted by Gasteiger charge is 2.45. The number of nitrogens with one attached hydrogen (secondary N) is 1. The molecule has 10 nitrogen and oxygen atoms in total. The maximum atomic E-state index is 12.7. The van der Waals surface area contributed by atoms with E-state index in [-0.39, 0.29) is 18.0 Å². The van der Waals surface area contributed by atoms with Crippen LogP contribution < -0.4 is 20.9 Å². The number of carbonyl (C=O) groups is 1. The number of rotatable bonds is 4. The molecule has 1 atom stereocenters. The highest BCUT2D eigenvalue weighted by Crippen LogP contribution is 2.44. The van der Waals surface area contributed by atoms with Gasteiger partial charge in [-0.1, -0.05) is 12.8 Å². The summed E-state index contributed by atoms with van der Waals surface area (Å²) in [6.45, 7) is 1.79. The fourth-order valence-corrected chi connectivity index (χ4v) is 5.32. The number of aromatic nitrogens is 4. The number of hydrogen-bond acceptors (Lipinski definition) is 9. The summed E-state index contributed by atoms with van der Waals surface area (Å²) in [5.41, 5.74) is 7.84. The number of hydrogen-bond donors (Lipinski definition) is 2. The maximum absolute atomic E-state index is 12.7. The van der Waals surface area contributed by atoms with Crippen LogP contribution in [0, 0.1) is 0 Å². The van der Waals surface area contributed by atoms with Gasteiger partial charge in [-0.15, -0.1) is 10.2 Å². The number of dihydropyridines is 1. The minimum atomic E-state index is -0.394. The normalized spacial score (nSPS) is 23.0. The van der Waals surface area contributed by atoms with Crippen molar-refractivity contribution in [2.75, 3.05) is 28.2 Å². The van der Waals surface area contributed by atoms with Crippen LogP contribution in [0.15, 0.2) is 29.4 Å². The third-order valence-electron chi connectivity index (χ3n) is 7.06. The summed E-state index contributed by atoms with van der Waals surface area (Å²) in [5.74, 6) is 2.53. The van der Waals surface area contributed by atoms with Crippen molar-refractivity contribution in [3.8, 4) is 0 Å². The van der Waals surface area contributed by atoms with Crippen LogP contribution in [-0.4, -0.2) is 63.5 Å². The van der Waals surface area contributed by atoms with E-state index in [0.29, 0.717) is 11.8 Å². The fraction of sp³-hybridized carbons (Fsp3) is 0.478. The summed E-state index contributed by atoms with van der Waals surface area (Å²) in [7, 11) is 0. The van der Waals surface area contributed by atoms with Crippen molar-refractivity contribution < 1.29 is 4.79 Å². The lowest BCUT2D eigenvalue weighted by atomic mass is 10.0. The number of anilines is 4. The molecule has 5 heterocycles. The minimum absolute atomic E-state index is 0.132. The van der Waals surface area contributed by atoms with E-state index < -0.39 is 6.04 Å². The average Bonchev–Trinajstić information content (AvgIpc) is 3.47. The molecule has 3 aliphatic heterocycles. The van der Waals surface area contributed by atoms with E-state index in [4.69, 9.17) is 10.7 Å². The number of allylic oxidation sites excluding steroid dienone is 1. The van der Waals surface area contributed by atoms with Gasteiger partial charge in [-0.05, 0) is 49.5 Å². The van der Waals surface area contributed by atoms with E-state index in [0.717, 1.165) is 61.5 Å². The molecule has 0 aromatic carbocycles. The maximum Gasteiger partial charge on any atom is 0.273 e. The lowest BCUT2D eigenvalue weighted by Crippen LogP contribution is -2.44. The number of carbonyl (C=O) groups excluding carboxylic acids is 1. The Morgan fingerprint density at radius 3 is 2.64 bits per heavy atom. The van der Waals surface area contributed by atoms with Crippen LogP contribution in [-0.2, 0) is 4.79 Å². The molecule has 1 unspecified atom stereocenters. The van der Waals surface area contributed by atoms with Gasteiger partial charge in [-0.25, -0.2) is 9.98 Å². The quantitative estimate of drug-likeness (QED) is 0.727. The molecule has 1 aliphatic carbocycles. The summed E-state index contributed by atoms with van der Waals surface area (Å²) in [6.07, 6.45) is 11.7. The number of fused-ring (bicyclic) bond motifs is 3. The number of nitrogens with two attached hydrogens (primary N) is 1. The van der Waals surface area contributed by atoms with Gasteiger partial charge in [0.2, 0.25) is 5.95 Å². The van der Waals surface area contributed by atoms with E-state index in [9.17, 15) is 4.79 Å². The highest BCUT2D eigenvalue weighted by molar-refractivity contribution is 6.13. The second-order valence-corrected chi connectivity index (χ2v) is 9.14. The third-order valence-corrected chi connectivity index (χ3v) is 7.06. The van der Waals surface area contributed by atoms with Crippen molar-refractivity contribution in [2.45, 2.75) is 56.7 Å². The van der Waals surface area contributed by atoms with Crippen molar-refractivity contribution in [1.82, 2.24) is 20.2 Å². The molecule has 4 aliphatic rings. The van der Waals surface area contributed by atoms with Crippen LogP contribution in [0.3, 0.4) is 0 Å². The molecule has 10 heteroatoms. The molecule has 6 rings (SSSR count). The second kappa shape index (κ2) is 8.18. The molecule has 2 aromatic rings. The zero-order valence-electron chi connectivity index (χ0n) is 18.4. The monoisotopic (exact) mass is 445 g/mol. The first-order chi connectivity index (χ1) is 16.2. The predicted octanol–water partition coefficient (Wildman–Crippen LogP) is 2.06. The molecule has 3 N–H and O–H groups in total. The van der Waals surface area contributed by atoms with Gasteiger partial charge in [-0.3, -0.25) is 4.79 Å². The Morgan fingerprint density at radius 2 is 1.88 bits per heavy atom. The molecular weight excluding hydrogens is 418 g/mol. The molecule has 2 aromatic heterocycles. The lowest BCUT2D eigenvalue weighted by Gasteiger charge is -2.31. The molecule has 2 fully saturated rings. The fourth-order valence-electron chi connectivity index (χ4n) is 5.32. The van der Waals surface area contributed by atoms with E-state index in [1.54, 1.807) is 12.4 Å². The summed E-state index contributed by atoms with van der Waals surface area (Å²) < 4.78 is 0. The largest absolute Gasteiger partial charge is 0.355 e. The molecule has 33 heavy (non-hydrogen) atoms. The Kier molecular flexibility index (Phi) is 5.01. The zero-order valence-corrected chi connectivity index (χ0v) is 18.4. The van der Waals surface area contributed by atoms with E-state index in [1.807, 2.05) is 18.2 Å². The Balaban J connectivity index is 1.25. The van der Waals surface area contributed by atoms with Crippen LogP contribution in [0.2, 0.25) is 0 Å². The molecule has 0 radical (unpaired) electrons. The zero-order chi connectivity index (χ0) is 22.4. The number of piperidine rings is 1. The molecule has 1 saturated carbocycles. The second-order valence-electron chi connectivity index (χ2n) is 9.14. The van der Waals surface area contributed by atoms with Crippen molar-refractivity contribution >= 4 is 41.1 Å². The van der Waals surface area contributed by atoms with Crippen molar-refractivity contribution in [2.24, 2.45) is 10.7 Å². The van der Waals surface area contributed by atoms with Gasteiger partial charge in [-0.2, -0.15) is 4.98 Å². The van der Waals surface area contributed by atoms with Gasteiger partial charge in [0.05, 0.1) is 0 Å². The predicted molar refractivity (Wildman–Crippen MR) is 127 cm³/mol. The van der Waals surface area contributed by atoms with Crippen LogP contribution in [0.1, 0.15) is 44.1 Å². The smallest absolute Gasteiger partial charge is 0.273 e. The first-order valence-electron chi connectivity index (χ1n) is 11.7. The van der Waals surface area contributed by atoms with E-state index in [1.165, 1.54) is 12.8 Å². The molecule has 1 amide bonds. The first-order valence-corrected chi connectivity index (χ1v) is 11.7. The topological polar surface area (TPSA) is 126 Å². The van der Waals surface area contributed by atoms with Crippen LogP contribution in [0.4, 0.5) is 23.4 Å². The van der Waals surface area contributed by atoms with Gasteiger partial charge in [0.25, 0.3) is 5.91 Å². The minimum Gasteiger partial charge on any atom is -0.355 e. The molecule has 1 saturated heterocycles. The number of nitrogens with zero attached hydrogens (tertiary/aromatic N) is 7. The highest BCUT2D eigenvalue weighted by atomic mass is 16.1. The van der Waals surface area contributed by atoms with E-state index >= 15 is 0 Å². The SMILES string of the molecule is NC1CCN(c2ccc(Nc3ncc4c(n3)N(C3CCCC3)C3C(=O)N=CC=C43)nn2)CC1. The van der Waals surface area contributed by atoms with Crippen molar-refractivity contribution in [3.63, 3.8) is 0 Å². The Bertz CT molecular complexity index is 1120. The summed E-state index contributed by atoms with van der Waals surface area (Å²) in [6, 6.07) is 4.02. The molecule has 0 bridgehead atoms. The summed E-state index contributed by atoms with van der Waals surface area (Å²) in [4.78, 5) is 30.4. The van der Waals surface area contributed by atoms with E-state index in [2.05, 4.69) is 35.3 Å². The Morgan fingerprint density at radius 1 is 1.06 bits per heavy atom. The third kappa shape index (κ3) is 3.64. The first kappa shape index (κ1) is 20.2. The van der Waals surface area contributed by atoms with Crippen LogP contribution in [0.25, 0.3) is 5.57 Å². The number of aliphatic imine (C=N–C) groups is 1. The van der Waals surface area contributed by atoms with Gasteiger partial charge in [0.15, 0.2) is 11.6 Å². The molecule has 0 spiro atoms. The van der Waals surface area contributed by atoms with Gasteiger partial charge in [0, 0.05) is 43.1 Å². The summed E-state index contributed by atoms with van der Waals surface area (Å²) >= 11 is 0. The van der Waals surface area contributed by atoms with Gasteiger partial charge in [0.1, 0.15) is 11.9 Å². The van der Waals surface area contributed by atoms with Gasteiger partial charge < -0.3 is 20.9 Å². The van der Waals surface area contributed by atoms with Crippen molar-refractivity contribution in [1.29, 1.82) is 0 Å². The van der Waals surface area contributed by atoms with Crippen LogP contribution >= 0.6 is 0 Å². The number of amides is 1. The lowest BCUT2D eigenvalue weighted by molar-refractivity contribution is -0.118. The summed E-state index contributed by atoms with van der Waals surface area (Å²) in [5, 5.41) is 11.9. The standard InChI is InChI=1S/C23H27N9O/c24-14-8-11-31(12-9-14)19-6-5-18(29-30-19)27-23-26-13-17-16-7-10-25-22(33)20(16)32(21(17)28-23)15-3-1-2-4-15/h5-7,10,13-15,20H,1-4,8-9,11-12,24H2,(H,26,27,28,29). The van der Waals surface area contributed by atoms with Crippen LogP contribution in [0.5, 0.6) is 0 Å². The van der Waals surface area contributed by atoms with Crippen molar-refractivity contribution in [3.05, 3.63) is 30.0 Å². The Hall–Kier alpha value is -3.40. The average molecular weight is 446 g/mol. The van der Waals surface area contributed by atoms with Gasteiger partial charge >= 0.3 is 0 Å². The molecule has 170 valence electrons.